The molecule has 1 unspecified atom stereocenters. The van der Waals surface area contributed by atoms with Gasteiger partial charge < -0.3 is 10.5 Å². The second kappa shape index (κ2) is 5.88. The number of thiazole rings is 1. The molecule has 2 heterocycles. The van der Waals surface area contributed by atoms with Crippen LogP contribution in [0.1, 0.15) is 23.8 Å². The Bertz CT molecular complexity index is 574. The van der Waals surface area contributed by atoms with Gasteiger partial charge in [-0.15, -0.1) is 0 Å². The van der Waals surface area contributed by atoms with E-state index in [-0.39, 0.29) is 31.2 Å². The lowest BCUT2D eigenvalue weighted by atomic mass is 10.1. The van der Waals surface area contributed by atoms with Crippen LogP contribution < -0.4 is 10.6 Å². The van der Waals surface area contributed by atoms with E-state index in [1.54, 1.807) is 6.92 Å². The summed E-state index contributed by atoms with van der Waals surface area (Å²) in [6.07, 6.45) is 0.0707. The minimum Gasteiger partial charge on any atom is -0.461 e. The monoisotopic (exact) mass is 361 g/mol. The fourth-order valence-corrected chi connectivity index (χ4v) is 3.31. The van der Waals surface area contributed by atoms with Crippen LogP contribution in [-0.4, -0.2) is 35.9 Å². The van der Waals surface area contributed by atoms with E-state index in [2.05, 4.69) is 20.9 Å². The van der Waals surface area contributed by atoms with Crippen LogP contribution in [0.25, 0.3) is 0 Å². The number of primary amides is 1. The molecule has 0 bridgehead atoms. The normalized spacial score (nSPS) is 18.4. The van der Waals surface area contributed by atoms with Crippen molar-refractivity contribution in [2.75, 3.05) is 18.1 Å². The summed E-state index contributed by atoms with van der Waals surface area (Å²) >= 11 is 4.37. The Morgan fingerprint density at radius 2 is 2.30 bits per heavy atom. The Balaban J connectivity index is 2.22. The molecule has 1 fully saturated rings. The van der Waals surface area contributed by atoms with E-state index in [4.69, 9.17) is 10.5 Å². The lowest BCUT2D eigenvalue weighted by molar-refractivity contribution is -0.123. The van der Waals surface area contributed by atoms with E-state index in [1.807, 2.05) is 0 Å². The molecule has 0 aliphatic carbocycles. The van der Waals surface area contributed by atoms with Crippen molar-refractivity contribution in [1.29, 1.82) is 0 Å². The number of hydrogen-bond acceptors (Lipinski definition) is 6. The molecule has 1 aliphatic heterocycles. The Labute approximate surface area is 127 Å². The van der Waals surface area contributed by atoms with E-state index in [0.717, 1.165) is 11.3 Å². The number of esters is 1. The van der Waals surface area contributed by atoms with Crippen molar-refractivity contribution < 1.29 is 19.1 Å². The molecule has 0 aromatic carbocycles. The number of aromatic nitrogens is 1. The van der Waals surface area contributed by atoms with Gasteiger partial charge in [0, 0.05) is 13.0 Å². The van der Waals surface area contributed by atoms with E-state index in [0.29, 0.717) is 8.92 Å². The van der Waals surface area contributed by atoms with Crippen LogP contribution in [0.15, 0.2) is 3.79 Å². The number of carbonyl (C=O) groups excluding carboxylic acids is 3. The molecule has 0 saturated carbocycles. The van der Waals surface area contributed by atoms with Crippen LogP contribution in [0.4, 0.5) is 5.13 Å². The highest BCUT2D eigenvalue weighted by molar-refractivity contribution is 9.11. The van der Waals surface area contributed by atoms with Crippen LogP contribution in [0.5, 0.6) is 0 Å². The van der Waals surface area contributed by atoms with E-state index >= 15 is 0 Å². The Morgan fingerprint density at radius 3 is 2.85 bits per heavy atom. The van der Waals surface area contributed by atoms with Gasteiger partial charge in [-0.3, -0.25) is 14.5 Å². The maximum atomic E-state index is 11.9. The van der Waals surface area contributed by atoms with Gasteiger partial charge in [-0.1, -0.05) is 11.3 Å². The predicted octanol–water partition coefficient (Wildman–Crippen LogP) is 0.920. The second-order valence-electron chi connectivity index (χ2n) is 4.15. The number of halogens is 1. The quantitative estimate of drug-likeness (QED) is 0.803. The number of ether oxygens (including phenoxy) is 1. The largest absolute Gasteiger partial charge is 0.461 e. The van der Waals surface area contributed by atoms with Crippen molar-refractivity contribution in [3.8, 4) is 0 Å². The number of rotatable bonds is 4. The molecule has 2 amide bonds. The molecule has 7 nitrogen and oxygen atoms in total. The predicted molar refractivity (Wildman–Crippen MR) is 75.4 cm³/mol. The van der Waals surface area contributed by atoms with Gasteiger partial charge in [0.2, 0.25) is 11.8 Å². The smallest absolute Gasteiger partial charge is 0.359 e. The molecule has 2 N–H and O–H groups in total. The first-order chi connectivity index (χ1) is 9.43. The summed E-state index contributed by atoms with van der Waals surface area (Å²) in [6.45, 7) is 2.13. The number of amides is 2. The zero-order valence-corrected chi connectivity index (χ0v) is 13.0. The molecule has 9 heteroatoms. The topological polar surface area (TPSA) is 103 Å². The summed E-state index contributed by atoms with van der Waals surface area (Å²) in [5.74, 6) is -1.82. The highest BCUT2D eigenvalue weighted by atomic mass is 79.9. The fraction of sp³-hybridized carbons (Fsp3) is 0.455. The number of nitrogens with two attached hydrogens (primary N) is 1. The summed E-state index contributed by atoms with van der Waals surface area (Å²) < 4.78 is 5.36. The van der Waals surface area contributed by atoms with Crippen LogP contribution in [0, 0.1) is 5.92 Å². The third kappa shape index (κ3) is 2.83. The number of hydrogen-bond donors (Lipinski definition) is 1. The molecule has 108 valence electrons. The third-order valence-electron chi connectivity index (χ3n) is 2.80. The first-order valence-corrected chi connectivity index (χ1v) is 7.48. The third-order valence-corrected chi connectivity index (χ3v) is 4.53. The fourth-order valence-electron chi connectivity index (χ4n) is 1.81. The molecule has 1 aromatic heterocycles. The van der Waals surface area contributed by atoms with Crippen molar-refractivity contribution in [2.24, 2.45) is 11.7 Å². The van der Waals surface area contributed by atoms with E-state index in [9.17, 15) is 14.4 Å². The zero-order valence-electron chi connectivity index (χ0n) is 10.6. The number of anilines is 1. The molecule has 0 spiro atoms. The van der Waals surface area contributed by atoms with Crippen LogP contribution in [0.2, 0.25) is 0 Å². The summed E-state index contributed by atoms with van der Waals surface area (Å²) in [5.41, 5.74) is 5.33. The molecular formula is C11H12BrN3O4S. The van der Waals surface area contributed by atoms with Crippen LogP contribution in [-0.2, 0) is 14.3 Å². The number of carbonyl (C=O) groups is 3. The Hall–Kier alpha value is -1.48. The maximum absolute atomic E-state index is 11.9. The van der Waals surface area contributed by atoms with Gasteiger partial charge in [0.1, 0.15) is 3.79 Å². The molecule has 1 aliphatic rings. The average Bonchev–Trinajstić information content (AvgIpc) is 2.93. The van der Waals surface area contributed by atoms with Gasteiger partial charge in [-0.2, -0.15) is 0 Å². The molecule has 1 aromatic rings. The van der Waals surface area contributed by atoms with Crippen LogP contribution >= 0.6 is 27.3 Å². The summed E-state index contributed by atoms with van der Waals surface area (Å²) in [6, 6.07) is 0. The molecule has 1 saturated heterocycles. The van der Waals surface area contributed by atoms with Gasteiger partial charge in [-0.05, 0) is 22.9 Å². The summed E-state index contributed by atoms with van der Waals surface area (Å²) in [4.78, 5) is 40.1. The van der Waals surface area contributed by atoms with Gasteiger partial charge >= 0.3 is 5.97 Å². The van der Waals surface area contributed by atoms with E-state index < -0.39 is 17.8 Å². The highest BCUT2D eigenvalue weighted by Gasteiger charge is 2.36. The summed E-state index contributed by atoms with van der Waals surface area (Å²) in [5, 5.41) is 0.355. The Kier molecular flexibility index (Phi) is 4.39. The SMILES string of the molecule is CCOC(=O)c1nc(N2CC(C(N)=O)CC2=O)sc1Br. The first-order valence-electron chi connectivity index (χ1n) is 5.87. The lowest BCUT2D eigenvalue weighted by Gasteiger charge is -2.11. The summed E-state index contributed by atoms with van der Waals surface area (Å²) in [7, 11) is 0. The lowest BCUT2D eigenvalue weighted by Crippen LogP contribution is -2.28. The van der Waals surface area contributed by atoms with Crippen molar-refractivity contribution in [2.45, 2.75) is 13.3 Å². The maximum Gasteiger partial charge on any atom is 0.359 e. The van der Waals surface area contributed by atoms with E-state index in [1.165, 1.54) is 4.90 Å². The molecule has 2 rings (SSSR count). The highest BCUT2D eigenvalue weighted by Crippen LogP contribution is 2.34. The zero-order chi connectivity index (χ0) is 14.9. The first kappa shape index (κ1) is 14.9. The molecule has 20 heavy (non-hydrogen) atoms. The van der Waals surface area contributed by atoms with Gasteiger partial charge in [0.05, 0.1) is 12.5 Å². The second-order valence-corrected chi connectivity index (χ2v) is 6.44. The van der Waals surface area contributed by atoms with Gasteiger partial charge in [0.15, 0.2) is 10.8 Å². The van der Waals surface area contributed by atoms with Crippen molar-refractivity contribution in [3.05, 3.63) is 9.48 Å². The number of nitrogens with zero attached hydrogens (tertiary/aromatic N) is 2. The Morgan fingerprint density at radius 1 is 1.60 bits per heavy atom. The minimum atomic E-state index is -0.556. The van der Waals surface area contributed by atoms with Crippen molar-refractivity contribution in [3.63, 3.8) is 0 Å². The average molecular weight is 362 g/mol. The van der Waals surface area contributed by atoms with Crippen molar-refractivity contribution >= 4 is 50.2 Å². The molecule has 1 atom stereocenters. The van der Waals surface area contributed by atoms with Gasteiger partial charge in [-0.25, -0.2) is 9.78 Å². The van der Waals surface area contributed by atoms with Crippen molar-refractivity contribution in [1.82, 2.24) is 4.98 Å². The van der Waals surface area contributed by atoms with Gasteiger partial charge in [0.25, 0.3) is 0 Å². The minimum absolute atomic E-state index is 0.0707. The molecular weight excluding hydrogens is 350 g/mol. The molecule has 0 radical (unpaired) electrons. The standard InChI is InChI=1S/C11H12BrN3O4S/c1-2-19-10(18)7-8(12)20-11(14-7)15-4-5(9(13)17)3-6(15)16/h5H,2-4H2,1H3,(H2,13,17). The van der Waals surface area contributed by atoms with Crippen LogP contribution in [0.3, 0.4) is 0 Å².